The second-order valence-electron chi connectivity index (χ2n) is 3.51. The van der Waals surface area contributed by atoms with Gasteiger partial charge in [0, 0.05) is 11.6 Å². The highest BCUT2D eigenvalue weighted by Gasteiger charge is 2.16. The van der Waals surface area contributed by atoms with Crippen molar-refractivity contribution in [2.24, 2.45) is 0 Å². The van der Waals surface area contributed by atoms with E-state index in [1.165, 1.54) is 24.5 Å². The number of rotatable bonds is 3. The molecule has 2 heterocycles. The van der Waals surface area contributed by atoms with Crippen LogP contribution in [0.4, 0.5) is 0 Å². The van der Waals surface area contributed by atoms with Gasteiger partial charge in [0.1, 0.15) is 11.5 Å². The SMILES string of the molecule is CC1=C/C(=C\C(=O)/C=C/c2ccco2)OC1=O. The van der Waals surface area contributed by atoms with E-state index in [4.69, 9.17) is 9.15 Å². The first kappa shape index (κ1) is 11.1. The van der Waals surface area contributed by atoms with Crippen LogP contribution in [0.15, 0.2) is 52.4 Å². The molecule has 0 saturated heterocycles. The van der Waals surface area contributed by atoms with Gasteiger partial charge < -0.3 is 9.15 Å². The van der Waals surface area contributed by atoms with E-state index in [1.54, 1.807) is 25.1 Å². The van der Waals surface area contributed by atoms with Crippen molar-refractivity contribution >= 4 is 17.8 Å². The fourth-order valence-electron chi connectivity index (χ4n) is 1.30. The second kappa shape index (κ2) is 4.65. The van der Waals surface area contributed by atoms with Crippen molar-refractivity contribution in [3.8, 4) is 0 Å². The Labute approximate surface area is 97.9 Å². The standard InChI is InChI=1S/C13H10O4/c1-9-7-12(17-13(9)15)8-10(14)4-5-11-3-2-6-16-11/h2-8H,1H3/b5-4+,12-8+. The predicted octanol–water partition coefficient (Wildman–Crippen LogP) is 2.25. The van der Waals surface area contributed by atoms with Crippen LogP contribution < -0.4 is 0 Å². The fourth-order valence-corrected chi connectivity index (χ4v) is 1.30. The third-order valence-electron chi connectivity index (χ3n) is 2.13. The van der Waals surface area contributed by atoms with E-state index >= 15 is 0 Å². The minimum atomic E-state index is -0.418. The minimum absolute atomic E-state index is 0.265. The number of carbonyl (C=O) groups excluding carboxylic acids is 2. The zero-order valence-corrected chi connectivity index (χ0v) is 9.17. The maximum atomic E-state index is 11.5. The summed E-state index contributed by atoms with van der Waals surface area (Å²) in [6.45, 7) is 1.63. The van der Waals surface area contributed by atoms with Crippen LogP contribution in [-0.4, -0.2) is 11.8 Å². The Morgan fingerprint density at radius 1 is 1.41 bits per heavy atom. The Kier molecular flexibility index (Phi) is 3.05. The molecule has 4 nitrogen and oxygen atoms in total. The summed E-state index contributed by atoms with van der Waals surface area (Å²) < 4.78 is 9.86. The van der Waals surface area contributed by atoms with Crippen molar-refractivity contribution in [2.75, 3.05) is 0 Å². The highest BCUT2D eigenvalue weighted by molar-refractivity contribution is 6.03. The van der Waals surface area contributed by atoms with Crippen molar-refractivity contribution in [1.29, 1.82) is 0 Å². The van der Waals surface area contributed by atoms with E-state index in [0.29, 0.717) is 11.3 Å². The Morgan fingerprint density at radius 2 is 2.24 bits per heavy atom. The molecule has 0 unspecified atom stereocenters. The van der Waals surface area contributed by atoms with Crippen LogP contribution in [0.3, 0.4) is 0 Å². The predicted molar refractivity (Wildman–Crippen MR) is 60.7 cm³/mol. The first-order chi connectivity index (χ1) is 8.15. The first-order valence-corrected chi connectivity index (χ1v) is 5.03. The number of allylic oxidation sites excluding steroid dienone is 3. The molecular weight excluding hydrogens is 220 g/mol. The van der Waals surface area contributed by atoms with E-state index in [-0.39, 0.29) is 11.5 Å². The molecule has 0 spiro atoms. The largest absolute Gasteiger partial charge is 0.465 e. The lowest BCUT2D eigenvalue weighted by atomic mass is 10.2. The highest BCUT2D eigenvalue weighted by atomic mass is 16.5. The number of carbonyl (C=O) groups is 2. The van der Waals surface area contributed by atoms with Gasteiger partial charge in [-0.25, -0.2) is 4.79 Å². The molecular formula is C13H10O4. The Hall–Kier alpha value is -2.36. The molecule has 1 aliphatic heterocycles. The average molecular weight is 230 g/mol. The van der Waals surface area contributed by atoms with Crippen molar-refractivity contribution in [2.45, 2.75) is 6.92 Å². The molecule has 0 fully saturated rings. The van der Waals surface area contributed by atoms with Crippen LogP contribution in [0.5, 0.6) is 0 Å². The molecule has 0 aliphatic carbocycles. The summed E-state index contributed by atoms with van der Waals surface area (Å²) in [5, 5.41) is 0. The van der Waals surface area contributed by atoms with Crippen molar-refractivity contribution < 1.29 is 18.7 Å². The minimum Gasteiger partial charge on any atom is -0.465 e. The van der Waals surface area contributed by atoms with Crippen LogP contribution in [0, 0.1) is 0 Å². The molecule has 1 aliphatic rings. The van der Waals surface area contributed by atoms with Gasteiger partial charge in [0.2, 0.25) is 0 Å². The summed E-state index contributed by atoms with van der Waals surface area (Å²) in [6.07, 6.45) is 7.20. The summed E-state index contributed by atoms with van der Waals surface area (Å²) in [5.74, 6) is 0.169. The molecule has 0 aromatic carbocycles. The van der Waals surface area contributed by atoms with Gasteiger partial charge in [0.15, 0.2) is 5.78 Å². The van der Waals surface area contributed by atoms with Crippen molar-refractivity contribution in [3.63, 3.8) is 0 Å². The summed E-state index contributed by atoms with van der Waals surface area (Å²) in [7, 11) is 0. The molecule has 0 radical (unpaired) electrons. The van der Waals surface area contributed by atoms with Gasteiger partial charge in [-0.3, -0.25) is 4.79 Å². The van der Waals surface area contributed by atoms with Crippen LogP contribution in [0.25, 0.3) is 6.08 Å². The van der Waals surface area contributed by atoms with Gasteiger partial charge in [-0.2, -0.15) is 0 Å². The molecule has 4 heteroatoms. The fraction of sp³-hybridized carbons (Fsp3) is 0.0769. The number of cyclic esters (lactones) is 1. The van der Waals surface area contributed by atoms with E-state index in [1.807, 2.05) is 0 Å². The Bertz CT molecular complexity index is 530. The highest BCUT2D eigenvalue weighted by Crippen LogP contribution is 2.16. The van der Waals surface area contributed by atoms with Crippen molar-refractivity contribution in [3.05, 3.63) is 53.7 Å². The molecule has 0 atom stereocenters. The quantitative estimate of drug-likeness (QED) is 0.590. The number of esters is 1. The molecule has 0 amide bonds. The Morgan fingerprint density at radius 3 is 2.82 bits per heavy atom. The summed E-state index contributed by atoms with van der Waals surface area (Å²) >= 11 is 0. The van der Waals surface area contributed by atoms with Gasteiger partial charge in [0.05, 0.1) is 6.26 Å². The van der Waals surface area contributed by atoms with Gasteiger partial charge in [-0.05, 0) is 37.3 Å². The molecule has 0 saturated carbocycles. The average Bonchev–Trinajstić information content (AvgIpc) is 2.87. The van der Waals surface area contributed by atoms with Gasteiger partial charge in [-0.1, -0.05) is 0 Å². The first-order valence-electron chi connectivity index (χ1n) is 5.03. The van der Waals surface area contributed by atoms with Crippen LogP contribution in [-0.2, 0) is 14.3 Å². The summed E-state index contributed by atoms with van der Waals surface area (Å²) in [5.41, 5.74) is 0.485. The number of hydrogen-bond acceptors (Lipinski definition) is 4. The van der Waals surface area contributed by atoms with E-state index in [9.17, 15) is 9.59 Å². The molecule has 1 aromatic rings. The normalized spacial score (nSPS) is 17.6. The van der Waals surface area contributed by atoms with Gasteiger partial charge in [0.25, 0.3) is 0 Å². The lowest BCUT2D eigenvalue weighted by Crippen LogP contribution is -1.96. The van der Waals surface area contributed by atoms with Crippen LogP contribution in [0.2, 0.25) is 0 Å². The molecule has 17 heavy (non-hydrogen) atoms. The zero-order chi connectivity index (χ0) is 12.3. The van der Waals surface area contributed by atoms with Gasteiger partial charge >= 0.3 is 5.97 Å². The molecule has 1 aromatic heterocycles. The van der Waals surface area contributed by atoms with Crippen LogP contribution >= 0.6 is 0 Å². The zero-order valence-electron chi connectivity index (χ0n) is 9.17. The molecule has 0 N–H and O–H groups in total. The summed E-state index contributed by atoms with van der Waals surface area (Å²) in [6, 6.07) is 3.46. The smallest absolute Gasteiger partial charge is 0.339 e. The Balaban J connectivity index is 2.03. The van der Waals surface area contributed by atoms with Crippen LogP contribution in [0.1, 0.15) is 12.7 Å². The monoisotopic (exact) mass is 230 g/mol. The topological polar surface area (TPSA) is 56.5 Å². The van der Waals surface area contributed by atoms with E-state index < -0.39 is 5.97 Å². The number of hydrogen-bond donors (Lipinski definition) is 0. The second-order valence-corrected chi connectivity index (χ2v) is 3.51. The lowest BCUT2D eigenvalue weighted by molar-refractivity contribution is -0.133. The molecule has 0 bridgehead atoms. The van der Waals surface area contributed by atoms with Gasteiger partial charge in [-0.15, -0.1) is 0 Å². The van der Waals surface area contributed by atoms with E-state index in [2.05, 4.69) is 0 Å². The lowest BCUT2D eigenvalue weighted by Gasteiger charge is -1.92. The van der Waals surface area contributed by atoms with Crippen molar-refractivity contribution in [1.82, 2.24) is 0 Å². The summed E-state index contributed by atoms with van der Waals surface area (Å²) in [4.78, 5) is 22.5. The maximum Gasteiger partial charge on any atom is 0.339 e. The molecule has 2 rings (SSSR count). The third-order valence-corrected chi connectivity index (χ3v) is 2.13. The van der Waals surface area contributed by atoms with E-state index in [0.717, 1.165) is 0 Å². The maximum absolute atomic E-state index is 11.5. The number of ether oxygens (including phenoxy) is 1. The third kappa shape index (κ3) is 2.81. The molecule has 86 valence electrons. The number of ketones is 1. The number of furan rings is 1.